The van der Waals surface area contributed by atoms with Crippen LogP contribution in [-0.4, -0.2) is 39.9 Å². The molecule has 17 heavy (non-hydrogen) atoms. The second-order valence-electron chi connectivity index (χ2n) is 3.14. The number of ether oxygens (including phenoxy) is 1. The molecule has 8 heteroatoms. The van der Waals surface area contributed by atoms with E-state index in [4.69, 9.17) is 5.73 Å². The Morgan fingerprint density at radius 2 is 2.00 bits per heavy atom. The van der Waals surface area contributed by atoms with Gasteiger partial charge in [0.2, 0.25) is 0 Å². The van der Waals surface area contributed by atoms with Gasteiger partial charge < -0.3 is 11.9 Å². The zero-order valence-corrected chi connectivity index (χ0v) is 13.1. The van der Waals surface area contributed by atoms with E-state index in [1.54, 1.807) is 0 Å². The fourth-order valence-electron chi connectivity index (χ4n) is 0.738. The molecule has 0 rings (SSSR count). The van der Waals surface area contributed by atoms with Gasteiger partial charge in [0.1, 0.15) is 13.2 Å². The standard InChI is InChI=1S/C9H17NO5S.Na.H/c1-8(2)9(11)14-5-6-15-16(12,13)7-3-4-10;;/h1,3-7,10H2,2H3;;/q;+1;-1. The Morgan fingerprint density at radius 1 is 1.41 bits per heavy atom. The van der Waals surface area contributed by atoms with Crippen molar-refractivity contribution < 1.29 is 53.1 Å². The van der Waals surface area contributed by atoms with E-state index in [1.165, 1.54) is 6.92 Å². The molecule has 6 nitrogen and oxygen atoms in total. The van der Waals surface area contributed by atoms with E-state index in [1.807, 2.05) is 0 Å². The number of rotatable bonds is 8. The zero-order valence-electron chi connectivity index (χ0n) is 11.3. The topological polar surface area (TPSA) is 95.7 Å². The van der Waals surface area contributed by atoms with Gasteiger partial charge in [-0.1, -0.05) is 6.58 Å². The van der Waals surface area contributed by atoms with Crippen LogP contribution in [0.15, 0.2) is 12.2 Å². The molecule has 0 aromatic carbocycles. The molecule has 0 aromatic heterocycles. The van der Waals surface area contributed by atoms with Crippen LogP contribution in [0.2, 0.25) is 0 Å². The molecule has 0 saturated carbocycles. The van der Waals surface area contributed by atoms with Crippen molar-refractivity contribution in [3.8, 4) is 0 Å². The summed E-state index contributed by atoms with van der Waals surface area (Å²) in [7, 11) is -3.56. The van der Waals surface area contributed by atoms with Crippen LogP contribution in [0, 0.1) is 0 Å². The van der Waals surface area contributed by atoms with Crippen LogP contribution < -0.4 is 35.3 Å². The fourth-order valence-corrected chi connectivity index (χ4v) is 1.70. The molecule has 0 aliphatic rings. The van der Waals surface area contributed by atoms with Crippen molar-refractivity contribution in [1.82, 2.24) is 0 Å². The van der Waals surface area contributed by atoms with Crippen molar-refractivity contribution in [2.75, 3.05) is 25.5 Å². The minimum Gasteiger partial charge on any atom is -1.00 e. The third-order valence-corrected chi connectivity index (χ3v) is 2.84. The third-order valence-electron chi connectivity index (χ3n) is 1.53. The summed E-state index contributed by atoms with van der Waals surface area (Å²) in [6.07, 6.45) is 0.341. The monoisotopic (exact) mass is 275 g/mol. The first-order valence-corrected chi connectivity index (χ1v) is 6.36. The van der Waals surface area contributed by atoms with E-state index in [0.717, 1.165) is 0 Å². The summed E-state index contributed by atoms with van der Waals surface area (Å²) in [5, 5.41) is 0. The number of nitrogens with two attached hydrogens (primary N) is 1. The van der Waals surface area contributed by atoms with Crippen LogP contribution in [-0.2, 0) is 23.8 Å². The molecule has 0 radical (unpaired) electrons. The van der Waals surface area contributed by atoms with Gasteiger partial charge in [0.25, 0.3) is 10.1 Å². The number of hydrogen-bond acceptors (Lipinski definition) is 6. The quantitative estimate of drug-likeness (QED) is 0.166. The molecule has 0 aliphatic carbocycles. The van der Waals surface area contributed by atoms with Crippen molar-refractivity contribution in [2.24, 2.45) is 5.73 Å². The SMILES string of the molecule is C=C(C)C(=O)OCCOS(=O)(=O)CCCN.[H-].[Na+]. The number of esters is 1. The summed E-state index contributed by atoms with van der Waals surface area (Å²) in [5.41, 5.74) is 5.42. The molecular formula is C9H18NNaO5S. The van der Waals surface area contributed by atoms with Crippen LogP contribution in [0.4, 0.5) is 0 Å². The molecule has 0 atom stereocenters. The van der Waals surface area contributed by atoms with E-state index >= 15 is 0 Å². The molecule has 0 unspecified atom stereocenters. The van der Waals surface area contributed by atoms with E-state index in [9.17, 15) is 13.2 Å². The van der Waals surface area contributed by atoms with Gasteiger partial charge in [-0.3, -0.25) is 4.18 Å². The summed E-state index contributed by atoms with van der Waals surface area (Å²) in [5.74, 6) is -0.694. The molecular weight excluding hydrogens is 257 g/mol. The maximum Gasteiger partial charge on any atom is 1.00 e. The smallest absolute Gasteiger partial charge is 1.00 e. The first-order valence-electron chi connectivity index (χ1n) is 4.79. The Kier molecular flexibility index (Phi) is 11.5. The van der Waals surface area contributed by atoms with Crippen molar-refractivity contribution in [3.05, 3.63) is 12.2 Å². The van der Waals surface area contributed by atoms with E-state index in [-0.39, 0.29) is 62.1 Å². The van der Waals surface area contributed by atoms with Gasteiger partial charge in [0.15, 0.2) is 0 Å². The fraction of sp³-hybridized carbons (Fsp3) is 0.667. The number of carbonyl (C=O) groups excluding carboxylic acids is 1. The van der Waals surface area contributed by atoms with Crippen LogP contribution in [0.5, 0.6) is 0 Å². The molecule has 0 aromatic rings. The number of hydrogen-bond donors (Lipinski definition) is 1. The molecule has 0 aliphatic heterocycles. The molecule has 0 saturated heterocycles. The molecule has 0 fully saturated rings. The second kappa shape index (κ2) is 10.0. The Labute approximate surface area is 125 Å². The van der Waals surface area contributed by atoms with Gasteiger partial charge in [-0.2, -0.15) is 8.42 Å². The molecule has 2 N–H and O–H groups in total. The van der Waals surface area contributed by atoms with Crippen molar-refractivity contribution in [1.29, 1.82) is 0 Å². The van der Waals surface area contributed by atoms with Gasteiger partial charge in [0, 0.05) is 5.57 Å². The zero-order chi connectivity index (χ0) is 12.6. The first kappa shape index (κ1) is 19.4. The Morgan fingerprint density at radius 3 is 2.47 bits per heavy atom. The molecule has 0 amide bonds. The maximum absolute atomic E-state index is 11.1. The Balaban J connectivity index is -0.00000112. The minimum absolute atomic E-state index is 0. The summed E-state index contributed by atoms with van der Waals surface area (Å²) in [6.45, 7) is 4.86. The van der Waals surface area contributed by atoms with Crippen molar-refractivity contribution in [2.45, 2.75) is 13.3 Å². The van der Waals surface area contributed by atoms with Crippen LogP contribution in [0.25, 0.3) is 0 Å². The summed E-state index contributed by atoms with van der Waals surface area (Å²) in [6, 6.07) is 0. The molecule has 0 bridgehead atoms. The van der Waals surface area contributed by atoms with E-state index in [0.29, 0.717) is 6.42 Å². The van der Waals surface area contributed by atoms with Gasteiger partial charge in [-0.25, -0.2) is 4.79 Å². The van der Waals surface area contributed by atoms with Gasteiger partial charge >= 0.3 is 35.5 Å². The Hall–Kier alpha value is 0.0800. The van der Waals surface area contributed by atoms with Crippen LogP contribution >= 0.6 is 0 Å². The van der Waals surface area contributed by atoms with Crippen LogP contribution in [0.3, 0.4) is 0 Å². The largest absolute Gasteiger partial charge is 1.00 e. The maximum atomic E-state index is 11.1. The van der Waals surface area contributed by atoms with Crippen molar-refractivity contribution in [3.63, 3.8) is 0 Å². The van der Waals surface area contributed by atoms with Crippen molar-refractivity contribution >= 4 is 16.1 Å². The van der Waals surface area contributed by atoms with Gasteiger partial charge in [0.05, 0.1) is 5.75 Å². The molecule has 96 valence electrons. The second-order valence-corrected chi connectivity index (χ2v) is 4.90. The van der Waals surface area contributed by atoms with E-state index in [2.05, 4.69) is 15.5 Å². The normalized spacial score (nSPS) is 10.5. The minimum atomic E-state index is -3.56. The Bertz CT molecular complexity index is 347. The average Bonchev–Trinajstić information content (AvgIpc) is 2.21. The summed E-state index contributed by atoms with van der Waals surface area (Å²) in [4.78, 5) is 10.9. The van der Waals surface area contributed by atoms with Crippen LogP contribution in [0.1, 0.15) is 14.8 Å². The van der Waals surface area contributed by atoms with Gasteiger partial charge in [-0.05, 0) is 19.9 Å². The first-order chi connectivity index (χ1) is 7.39. The van der Waals surface area contributed by atoms with Gasteiger partial charge in [-0.15, -0.1) is 0 Å². The predicted octanol–water partition coefficient (Wildman–Crippen LogP) is -3.08. The summed E-state index contributed by atoms with van der Waals surface area (Å²) >= 11 is 0. The molecule has 0 heterocycles. The third kappa shape index (κ3) is 10.9. The predicted molar refractivity (Wildman–Crippen MR) is 60.3 cm³/mol. The summed E-state index contributed by atoms with van der Waals surface area (Å²) < 4.78 is 31.5. The van der Waals surface area contributed by atoms with E-state index < -0.39 is 16.1 Å². The average molecular weight is 275 g/mol. The number of carbonyl (C=O) groups is 1. The molecule has 0 spiro atoms.